The molecule has 4 atom stereocenters. The van der Waals surface area contributed by atoms with Crippen molar-refractivity contribution in [3.63, 3.8) is 0 Å². The zero-order chi connectivity index (χ0) is 10.8. The van der Waals surface area contributed by atoms with Crippen molar-refractivity contribution in [1.82, 2.24) is 4.90 Å². The molecule has 1 aliphatic heterocycles. The third-order valence-corrected chi connectivity index (χ3v) is 3.90. The number of nitrogens with zero attached hydrogens (tertiary/aromatic N) is 1. The second-order valence-electron chi connectivity index (χ2n) is 5.13. The lowest BCUT2D eigenvalue weighted by Gasteiger charge is -2.42. The molecule has 2 aliphatic rings. The first-order valence-electron chi connectivity index (χ1n) is 6.33. The Morgan fingerprint density at radius 1 is 1.40 bits per heavy atom. The molecule has 1 heterocycles. The van der Waals surface area contributed by atoms with Gasteiger partial charge in [0.15, 0.2) is 0 Å². The summed E-state index contributed by atoms with van der Waals surface area (Å²) >= 11 is 0. The van der Waals surface area contributed by atoms with Gasteiger partial charge in [0.25, 0.3) is 0 Å². The number of rotatable bonds is 2. The summed E-state index contributed by atoms with van der Waals surface area (Å²) in [4.78, 5) is 2.65. The maximum Gasteiger partial charge on any atom is 0.0674 e. The maximum absolute atomic E-state index is 6.00. The van der Waals surface area contributed by atoms with E-state index in [1.165, 1.54) is 25.7 Å². The summed E-state index contributed by atoms with van der Waals surface area (Å²) in [6.45, 7) is 6.43. The van der Waals surface area contributed by atoms with Crippen molar-refractivity contribution >= 4 is 0 Å². The van der Waals surface area contributed by atoms with E-state index in [1.807, 2.05) is 0 Å². The molecule has 4 unspecified atom stereocenters. The minimum absolute atomic E-state index is 0.393. The van der Waals surface area contributed by atoms with Crippen molar-refractivity contribution < 1.29 is 4.74 Å². The summed E-state index contributed by atoms with van der Waals surface area (Å²) in [6, 6.07) is 1.78. The Hall–Kier alpha value is -0.120. The van der Waals surface area contributed by atoms with Crippen LogP contribution in [0.2, 0.25) is 0 Å². The van der Waals surface area contributed by atoms with Gasteiger partial charge >= 0.3 is 0 Å². The van der Waals surface area contributed by atoms with Crippen LogP contribution in [0.15, 0.2) is 0 Å². The second-order valence-corrected chi connectivity index (χ2v) is 5.13. The van der Waals surface area contributed by atoms with Gasteiger partial charge in [0, 0.05) is 24.7 Å². The van der Waals surface area contributed by atoms with Crippen LogP contribution in [0.5, 0.6) is 0 Å². The fourth-order valence-electron chi connectivity index (χ4n) is 2.96. The van der Waals surface area contributed by atoms with Gasteiger partial charge in [0.05, 0.1) is 12.7 Å². The predicted molar refractivity (Wildman–Crippen MR) is 61.8 cm³/mol. The molecule has 2 N–H and O–H groups in total. The smallest absolute Gasteiger partial charge is 0.0674 e. The summed E-state index contributed by atoms with van der Waals surface area (Å²) in [7, 11) is 0. The van der Waals surface area contributed by atoms with E-state index in [0.29, 0.717) is 18.2 Å². The lowest BCUT2D eigenvalue weighted by Crippen LogP contribution is -2.52. The van der Waals surface area contributed by atoms with Crippen molar-refractivity contribution in [2.45, 2.75) is 63.8 Å². The van der Waals surface area contributed by atoms with Gasteiger partial charge in [-0.1, -0.05) is 6.92 Å². The Morgan fingerprint density at radius 2 is 2.20 bits per heavy atom. The first kappa shape index (κ1) is 11.4. The SMILES string of the molecule is CCC1COC(C)CN1C1CCC(N)C1. The fraction of sp³-hybridized carbons (Fsp3) is 1.00. The van der Waals surface area contributed by atoms with Gasteiger partial charge in [-0.15, -0.1) is 0 Å². The van der Waals surface area contributed by atoms with E-state index in [-0.39, 0.29) is 0 Å². The van der Waals surface area contributed by atoms with Crippen molar-refractivity contribution in [2.24, 2.45) is 5.73 Å². The molecule has 0 amide bonds. The van der Waals surface area contributed by atoms with Gasteiger partial charge in [-0.05, 0) is 32.6 Å². The second kappa shape index (κ2) is 4.81. The quantitative estimate of drug-likeness (QED) is 0.751. The average molecular weight is 212 g/mol. The first-order valence-corrected chi connectivity index (χ1v) is 6.33. The van der Waals surface area contributed by atoms with Crippen LogP contribution in [0.4, 0.5) is 0 Å². The van der Waals surface area contributed by atoms with E-state index < -0.39 is 0 Å². The van der Waals surface area contributed by atoms with Crippen molar-refractivity contribution in [3.8, 4) is 0 Å². The van der Waals surface area contributed by atoms with E-state index in [9.17, 15) is 0 Å². The molecule has 2 rings (SSSR count). The molecular weight excluding hydrogens is 188 g/mol. The Labute approximate surface area is 93.0 Å². The molecular formula is C12H24N2O. The summed E-state index contributed by atoms with van der Waals surface area (Å²) < 4.78 is 5.73. The third-order valence-electron chi connectivity index (χ3n) is 3.90. The number of ether oxygens (including phenoxy) is 1. The van der Waals surface area contributed by atoms with Crippen molar-refractivity contribution in [1.29, 1.82) is 0 Å². The number of hydrogen-bond acceptors (Lipinski definition) is 3. The molecule has 2 fully saturated rings. The van der Waals surface area contributed by atoms with Crippen molar-refractivity contribution in [2.75, 3.05) is 13.2 Å². The molecule has 3 nitrogen and oxygen atoms in total. The fourth-order valence-corrected chi connectivity index (χ4v) is 2.96. The van der Waals surface area contributed by atoms with Crippen LogP contribution in [-0.4, -0.2) is 42.3 Å². The Kier molecular flexibility index (Phi) is 3.65. The van der Waals surface area contributed by atoms with E-state index in [2.05, 4.69) is 18.7 Å². The van der Waals surface area contributed by atoms with Crippen LogP contribution in [-0.2, 0) is 4.74 Å². The average Bonchev–Trinajstić information content (AvgIpc) is 2.65. The van der Waals surface area contributed by atoms with Gasteiger partial charge in [0.1, 0.15) is 0 Å². The lowest BCUT2D eigenvalue weighted by molar-refractivity contribution is -0.0715. The zero-order valence-corrected chi connectivity index (χ0v) is 9.98. The number of hydrogen-bond donors (Lipinski definition) is 1. The Bertz CT molecular complexity index is 210. The van der Waals surface area contributed by atoms with Crippen LogP contribution in [0.1, 0.15) is 39.5 Å². The summed E-state index contributed by atoms with van der Waals surface area (Å²) in [5, 5.41) is 0. The van der Waals surface area contributed by atoms with Crippen LogP contribution in [0.3, 0.4) is 0 Å². The minimum atomic E-state index is 0.393. The highest BCUT2D eigenvalue weighted by molar-refractivity contribution is 4.90. The standard InChI is InChI=1S/C12H24N2O/c1-3-11-8-15-9(2)7-14(11)12-5-4-10(13)6-12/h9-12H,3-8,13H2,1-2H3. The predicted octanol–water partition coefficient (Wildman–Crippen LogP) is 1.37. The molecule has 88 valence electrons. The van der Waals surface area contributed by atoms with Gasteiger partial charge in [-0.2, -0.15) is 0 Å². The molecule has 3 heteroatoms. The molecule has 1 aliphatic carbocycles. The number of nitrogens with two attached hydrogens (primary N) is 1. The molecule has 15 heavy (non-hydrogen) atoms. The maximum atomic E-state index is 6.00. The topological polar surface area (TPSA) is 38.5 Å². The Morgan fingerprint density at radius 3 is 2.80 bits per heavy atom. The molecule has 0 aromatic heterocycles. The van der Waals surface area contributed by atoms with Crippen molar-refractivity contribution in [3.05, 3.63) is 0 Å². The van der Waals surface area contributed by atoms with E-state index >= 15 is 0 Å². The van der Waals surface area contributed by atoms with Gasteiger partial charge in [-0.3, -0.25) is 4.90 Å². The van der Waals surface area contributed by atoms with Crippen LogP contribution >= 0.6 is 0 Å². The highest BCUT2D eigenvalue weighted by Gasteiger charge is 2.34. The lowest BCUT2D eigenvalue weighted by atomic mass is 10.1. The van der Waals surface area contributed by atoms with Crippen LogP contribution in [0, 0.1) is 0 Å². The largest absolute Gasteiger partial charge is 0.376 e. The minimum Gasteiger partial charge on any atom is -0.376 e. The Balaban J connectivity index is 1.97. The third kappa shape index (κ3) is 2.52. The summed E-state index contributed by atoms with van der Waals surface area (Å²) in [5.41, 5.74) is 6.00. The zero-order valence-electron chi connectivity index (χ0n) is 9.98. The van der Waals surface area contributed by atoms with Gasteiger partial charge < -0.3 is 10.5 Å². The summed E-state index contributed by atoms with van der Waals surface area (Å²) in [5.74, 6) is 0. The van der Waals surface area contributed by atoms with Crippen LogP contribution in [0.25, 0.3) is 0 Å². The molecule has 1 saturated carbocycles. The van der Waals surface area contributed by atoms with E-state index in [1.54, 1.807) is 0 Å². The molecule has 0 aromatic carbocycles. The highest BCUT2D eigenvalue weighted by Crippen LogP contribution is 2.27. The summed E-state index contributed by atoms with van der Waals surface area (Å²) in [6.07, 6.45) is 5.25. The monoisotopic (exact) mass is 212 g/mol. The van der Waals surface area contributed by atoms with E-state index in [0.717, 1.165) is 19.2 Å². The molecule has 0 spiro atoms. The normalized spacial score (nSPS) is 43.4. The number of morpholine rings is 1. The highest BCUT2D eigenvalue weighted by atomic mass is 16.5. The van der Waals surface area contributed by atoms with E-state index in [4.69, 9.17) is 10.5 Å². The first-order chi connectivity index (χ1) is 7.20. The molecule has 0 bridgehead atoms. The van der Waals surface area contributed by atoms with Crippen LogP contribution < -0.4 is 5.73 Å². The van der Waals surface area contributed by atoms with Gasteiger partial charge in [-0.25, -0.2) is 0 Å². The molecule has 0 radical (unpaired) electrons. The van der Waals surface area contributed by atoms with Gasteiger partial charge in [0.2, 0.25) is 0 Å². The molecule has 1 saturated heterocycles. The molecule has 0 aromatic rings.